The summed E-state index contributed by atoms with van der Waals surface area (Å²) < 4.78 is 16.9. The zero-order valence-corrected chi connectivity index (χ0v) is 19.4. The molecule has 0 fully saturated rings. The average molecular weight is 446 g/mol. The normalized spacial score (nSPS) is 10.8. The molecule has 0 radical (unpaired) electrons. The topological polar surface area (TPSA) is 72.9 Å². The molecule has 0 aliphatic heterocycles. The van der Waals surface area contributed by atoms with Crippen LogP contribution in [0.25, 0.3) is 21.8 Å². The standard InChI is InChI=1S/C26H27N3O4/c1-16-11-18-13-20-22(28-21(18)12-17(16)2)14-23(31-4)25(32-5)24(20)29(15-33-26(30)27-3)19-9-7-6-8-10-19/h6-14H,15H2,1-5H3,(H,27,30). The maximum atomic E-state index is 11.9. The molecule has 0 saturated carbocycles. The Hall–Kier alpha value is -4.00. The largest absolute Gasteiger partial charge is 0.493 e. The number of para-hydroxylation sites is 1. The van der Waals surface area contributed by atoms with E-state index in [1.807, 2.05) is 41.3 Å². The van der Waals surface area contributed by atoms with Gasteiger partial charge in [0.25, 0.3) is 0 Å². The van der Waals surface area contributed by atoms with E-state index in [4.69, 9.17) is 19.2 Å². The minimum Gasteiger partial charge on any atom is -0.493 e. The summed E-state index contributed by atoms with van der Waals surface area (Å²) in [5, 5.41) is 4.36. The number of anilines is 2. The van der Waals surface area contributed by atoms with Crippen LogP contribution in [0.1, 0.15) is 11.1 Å². The van der Waals surface area contributed by atoms with Crippen molar-refractivity contribution in [3.8, 4) is 11.5 Å². The molecule has 1 N–H and O–H groups in total. The maximum absolute atomic E-state index is 11.9. The van der Waals surface area contributed by atoms with Crippen LogP contribution in [0.15, 0.2) is 54.6 Å². The molecule has 0 spiro atoms. The van der Waals surface area contributed by atoms with Gasteiger partial charge in [0.05, 0.1) is 30.9 Å². The van der Waals surface area contributed by atoms with Crippen molar-refractivity contribution in [1.82, 2.24) is 10.3 Å². The van der Waals surface area contributed by atoms with E-state index in [0.29, 0.717) is 17.2 Å². The quantitative estimate of drug-likeness (QED) is 0.313. The van der Waals surface area contributed by atoms with Crippen molar-refractivity contribution < 1.29 is 19.0 Å². The molecular weight excluding hydrogens is 418 g/mol. The molecule has 170 valence electrons. The van der Waals surface area contributed by atoms with Crippen molar-refractivity contribution in [2.45, 2.75) is 13.8 Å². The Bertz CT molecular complexity index is 1320. The molecule has 0 saturated heterocycles. The predicted molar refractivity (Wildman–Crippen MR) is 131 cm³/mol. The van der Waals surface area contributed by atoms with Gasteiger partial charge in [-0.2, -0.15) is 0 Å². The highest BCUT2D eigenvalue weighted by atomic mass is 16.6. The van der Waals surface area contributed by atoms with Gasteiger partial charge < -0.3 is 24.4 Å². The van der Waals surface area contributed by atoms with Gasteiger partial charge in [-0.15, -0.1) is 0 Å². The van der Waals surface area contributed by atoms with Gasteiger partial charge in [0.1, 0.15) is 0 Å². The van der Waals surface area contributed by atoms with Gasteiger partial charge in [-0.05, 0) is 55.3 Å². The highest BCUT2D eigenvalue weighted by molar-refractivity contribution is 6.04. The number of nitrogens with zero attached hydrogens (tertiary/aromatic N) is 2. The molecule has 4 rings (SSSR count). The van der Waals surface area contributed by atoms with Crippen LogP contribution < -0.4 is 19.7 Å². The highest BCUT2D eigenvalue weighted by Gasteiger charge is 2.24. The lowest BCUT2D eigenvalue weighted by Crippen LogP contribution is -2.28. The highest BCUT2D eigenvalue weighted by Crippen LogP contribution is 2.46. The summed E-state index contributed by atoms with van der Waals surface area (Å²) in [7, 11) is 4.71. The molecule has 1 amide bonds. The number of ether oxygens (including phenoxy) is 3. The Kier molecular flexibility index (Phi) is 6.22. The van der Waals surface area contributed by atoms with E-state index in [9.17, 15) is 4.79 Å². The van der Waals surface area contributed by atoms with Gasteiger partial charge >= 0.3 is 6.09 Å². The number of amides is 1. The number of fused-ring (bicyclic) bond motifs is 2. The number of hydrogen-bond donors (Lipinski definition) is 1. The molecule has 7 nitrogen and oxygen atoms in total. The number of aryl methyl sites for hydroxylation is 2. The lowest BCUT2D eigenvalue weighted by Gasteiger charge is -2.28. The van der Waals surface area contributed by atoms with Gasteiger partial charge in [0, 0.05) is 29.6 Å². The van der Waals surface area contributed by atoms with Crippen LogP contribution in [0.5, 0.6) is 11.5 Å². The first kappa shape index (κ1) is 22.2. The summed E-state index contributed by atoms with van der Waals surface area (Å²) in [6, 6.07) is 17.9. The molecule has 7 heteroatoms. The van der Waals surface area contributed by atoms with Gasteiger partial charge in [-0.25, -0.2) is 9.78 Å². The summed E-state index contributed by atoms with van der Waals surface area (Å²) in [6.07, 6.45) is -0.531. The van der Waals surface area contributed by atoms with Crippen molar-refractivity contribution >= 4 is 39.3 Å². The van der Waals surface area contributed by atoms with Crippen molar-refractivity contribution in [1.29, 1.82) is 0 Å². The summed E-state index contributed by atoms with van der Waals surface area (Å²) in [4.78, 5) is 18.7. The van der Waals surface area contributed by atoms with Crippen LogP contribution in [0.4, 0.5) is 16.2 Å². The monoisotopic (exact) mass is 445 g/mol. The fourth-order valence-electron chi connectivity index (χ4n) is 3.87. The molecule has 0 bridgehead atoms. The Morgan fingerprint density at radius 3 is 2.36 bits per heavy atom. The fraction of sp³-hybridized carbons (Fsp3) is 0.231. The smallest absolute Gasteiger partial charge is 0.408 e. The lowest BCUT2D eigenvalue weighted by molar-refractivity contribution is 0.151. The van der Waals surface area contributed by atoms with E-state index in [2.05, 4.69) is 37.4 Å². The third-order valence-electron chi connectivity index (χ3n) is 5.71. The Morgan fingerprint density at radius 1 is 0.970 bits per heavy atom. The van der Waals surface area contributed by atoms with Gasteiger partial charge in [0.2, 0.25) is 0 Å². The van der Waals surface area contributed by atoms with Crippen molar-refractivity contribution in [3.63, 3.8) is 0 Å². The van der Waals surface area contributed by atoms with E-state index in [0.717, 1.165) is 27.5 Å². The molecule has 3 aromatic carbocycles. The van der Waals surface area contributed by atoms with Gasteiger partial charge in [0.15, 0.2) is 18.2 Å². The van der Waals surface area contributed by atoms with Gasteiger partial charge in [-0.3, -0.25) is 0 Å². The minimum atomic E-state index is -0.531. The number of hydrogen-bond acceptors (Lipinski definition) is 6. The molecule has 33 heavy (non-hydrogen) atoms. The first-order valence-corrected chi connectivity index (χ1v) is 10.6. The fourth-order valence-corrected chi connectivity index (χ4v) is 3.87. The number of methoxy groups -OCH3 is 2. The summed E-state index contributed by atoms with van der Waals surface area (Å²) in [5.41, 5.74) is 5.55. The first-order chi connectivity index (χ1) is 16.0. The molecule has 1 aromatic heterocycles. The summed E-state index contributed by atoms with van der Waals surface area (Å²) >= 11 is 0. The summed E-state index contributed by atoms with van der Waals surface area (Å²) in [6.45, 7) is 4.13. The van der Waals surface area contributed by atoms with E-state index >= 15 is 0 Å². The Labute approximate surface area is 192 Å². The second-order valence-corrected chi connectivity index (χ2v) is 7.72. The first-order valence-electron chi connectivity index (χ1n) is 10.6. The number of pyridine rings is 1. The molecule has 0 atom stereocenters. The second kappa shape index (κ2) is 9.24. The molecule has 0 aliphatic carbocycles. The minimum absolute atomic E-state index is 0.0344. The third-order valence-corrected chi connectivity index (χ3v) is 5.71. The van der Waals surface area contributed by atoms with Crippen molar-refractivity contribution in [3.05, 3.63) is 65.7 Å². The van der Waals surface area contributed by atoms with E-state index in [1.54, 1.807) is 14.2 Å². The van der Waals surface area contributed by atoms with E-state index < -0.39 is 6.09 Å². The summed E-state index contributed by atoms with van der Waals surface area (Å²) in [5.74, 6) is 1.07. The van der Waals surface area contributed by atoms with Crippen LogP contribution in [-0.4, -0.2) is 39.1 Å². The average Bonchev–Trinajstić information content (AvgIpc) is 2.83. The van der Waals surface area contributed by atoms with Crippen LogP contribution in [0.2, 0.25) is 0 Å². The molecule has 4 aromatic rings. The molecule has 1 heterocycles. The zero-order chi connectivity index (χ0) is 23.5. The lowest BCUT2D eigenvalue weighted by atomic mass is 10.0. The van der Waals surface area contributed by atoms with E-state index in [1.165, 1.54) is 18.2 Å². The maximum Gasteiger partial charge on any atom is 0.408 e. The molecule has 0 unspecified atom stereocenters. The number of nitrogens with one attached hydrogen (secondary N) is 1. The number of aromatic nitrogens is 1. The number of benzene rings is 3. The SMILES string of the molecule is CNC(=O)OCN(c1ccccc1)c1c(OC)c(OC)cc2nc3cc(C)c(C)cc3cc12. The van der Waals surface area contributed by atoms with Crippen LogP contribution in [-0.2, 0) is 4.74 Å². The third kappa shape index (κ3) is 4.22. The Balaban J connectivity index is 2.04. The van der Waals surface area contributed by atoms with Crippen LogP contribution in [0.3, 0.4) is 0 Å². The van der Waals surface area contributed by atoms with Crippen molar-refractivity contribution in [2.75, 3.05) is 32.9 Å². The number of alkyl carbamates (subject to hydrolysis) is 1. The van der Waals surface area contributed by atoms with E-state index in [-0.39, 0.29) is 6.73 Å². The second-order valence-electron chi connectivity index (χ2n) is 7.72. The molecular formula is C26H27N3O4. The number of rotatable bonds is 6. The Morgan fingerprint density at radius 2 is 1.70 bits per heavy atom. The van der Waals surface area contributed by atoms with Crippen LogP contribution in [0, 0.1) is 13.8 Å². The van der Waals surface area contributed by atoms with Crippen molar-refractivity contribution in [2.24, 2.45) is 0 Å². The molecule has 0 aliphatic rings. The zero-order valence-electron chi connectivity index (χ0n) is 19.4. The van der Waals surface area contributed by atoms with Crippen LogP contribution >= 0.6 is 0 Å². The van der Waals surface area contributed by atoms with Gasteiger partial charge in [-0.1, -0.05) is 18.2 Å². The number of carbonyl (C=O) groups excluding carboxylic acids is 1. The predicted octanol–water partition coefficient (Wildman–Crippen LogP) is 5.47. The number of carbonyl (C=O) groups is 1.